The Kier molecular flexibility index (Phi) is 11.6. The van der Waals surface area contributed by atoms with E-state index < -0.39 is 80.9 Å². The van der Waals surface area contributed by atoms with Crippen molar-refractivity contribution in [1.29, 1.82) is 0 Å². The van der Waals surface area contributed by atoms with E-state index in [0.717, 1.165) is 38.5 Å². The Hall–Kier alpha value is -7.92. The van der Waals surface area contributed by atoms with Crippen LogP contribution in [0.1, 0.15) is 125 Å². The van der Waals surface area contributed by atoms with Crippen LogP contribution < -0.4 is 36.4 Å². The second kappa shape index (κ2) is 17.6. The Bertz CT molecular complexity index is 3410. The number of likely N-dealkylation sites (N-methyl/N-ethyl adjacent to an activating group) is 2. The SMILES string of the molecule is CN1C(=O)c2c(O)c(=O)c(C(=O)NCc3c(F)cc(F)cc3F)cn2[C@H]2C[C@@H]3C[C@@H]3[C@H]21.COC(=O)c1cn2c(c(OC)c1=O)C(=O)N[C@@H]1[C@H]3C[C@H]3C[C@@H]12.COc1c2n(cc(C(=O)O)c1=O)[C@H]1C[C@@H]3C[C@@H]3[C@H]1N(C)C2=O. The molecule has 21 nitrogen and oxygen atoms in total. The Balaban J connectivity index is 0.000000123. The molecule has 24 heteroatoms. The highest BCUT2D eigenvalue weighted by atomic mass is 19.1. The normalized spacial score (nSPS) is 28.8. The first-order valence-corrected chi connectivity index (χ1v) is 24.4. The predicted octanol–water partition coefficient (Wildman–Crippen LogP) is 2.86. The molecule has 12 atom stereocenters. The Labute approximate surface area is 422 Å². The van der Waals surface area contributed by atoms with Crippen molar-refractivity contribution in [3.8, 4) is 17.2 Å². The van der Waals surface area contributed by atoms with Crippen LogP contribution in [0.2, 0.25) is 0 Å². The molecule has 4 aromatic rings. The van der Waals surface area contributed by atoms with Gasteiger partial charge in [-0.15, -0.1) is 0 Å². The van der Waals surface area contributed by atoms with Crippen molar-refractivity contribution in [2.75, 3.05) is 35.4 Å². The number of hydrogen-bond donors (Lipinski definition) is 4. The molecule has 0 unspecified atom stereocenters. The number of aromatic hydroxyl groups is 1. The molecule has 0 bridgehead atoms. The molecule has 6 saturated carbocycles. The van der Waals surface area contributed by atoms with Gasteiger partial charge >= 0.3 is 11.9 Å². The van der Waals surface area contributed by atoms with Gasteiger partial charge in [-0.1, -0.05) is 0 Å². The number of halogens is 3. The maximum Gasteiger partial charge on any atom is 0.343 e. The second-order valence-corrected chi connectivity index (χ2v) is 20.8. The average Bonchev–Trinajstić information content (AvgIpc) is 4.38. The van der Waals surface area contributed by atoms with Crippen molar-refractivity contribution in [3.05, 3.63) is 118 Å². The van der Waals surface area contributed by atoms with Crippen LogP contribution >= 0.6 is 0 Å². The molecule has 6 fully saturated rings. The number of amides is 4. The number of rotatable bonds is 7. The van der Waals surface area contributed by atoms with Gasteiger partial charge in [-0.05, 0) is 74.0 Å². The van der Waals surface area contributed by atoms with Crippen LogP contribution in [0, 0.1) is 53.0 Å². The third-order valence-corrected chi connectivity index (χ3v) is 17.0. The first-order chi connectivity index (χ1) is 35.7. The number of nitrogens with one attached hydrogen (secondary N) is 2. The van der Waals surface area contributed by atoms with E-state index in [-0.39, 0.29) is 87.8 Å². The molecule has 0 spiro atoms. The highest BCUT2D eigenvalue weighted by molar-refractivity contribution is 6.00. The van der Waals surface area contributed by atoms with Gasteiger partial charge in [0.15, 0.2) is 34.3 Å². The van der Waals surface area contributed by atoms with E-state index in [0.29, 0.717) is 47.6 Å². The average molecular weight is 1040 g/mol. The number of carbonyl (C=O) groups excluding carboxylic acids is 5. The van der Waals surface area contributed by atoms with Crippen molar-refractivity contribution in [2.24, 2.45) is 35.5 Å². The first-order valence-electron chi connectivity index (χ1n) is 24.4. The lowest BCUT2D eigenvalue weighted by atomic mass is 9.99. The summed E-state index contributed by atoms with van der Waals surface area (Å²) < 4.78 is 60.5. The maximum absolute atomic E-state index is 13.8. The molecule has 75 heavy (non-hydrogen) atoms. The Morgan fingerprint density at radius 3 is 1.71 bits per heavy atom. The number of hydrogen-bond acceptors (Lipinski definition) is 13. The number of methoxy groups -OCH3 is 3. The number of carbonyl (C=O) groups is 6. The second-order valence-electron chi connectivity index (χ2n) is 20.8. The van der Waals surface area contributed by atoms with Crippen LogP contribution in [-0.2, 0) is 11.3 Å². The van der Waals surface area contributed by atoms with Gasteiger partial charge in [0.05, 0.1) is 57.6 Å². The van der Waals surface area contributed by atoms with Crippen LogP contribution in [-0.4, -0.2) is 123 Å². The summed E-state index contributed by atoms with van der Waals surface area (Å²) in [5.41, 5.74) is -3.67. The highest BCUT2D eigenvalue weighted by Gasteiger charge is 2.61. The lowest BCUT2D eigenvalue weighted by molar-refractivity contribution is 0.0573. The van der Waals surface area contributed by atoms with Crippen molar-refractivity contribution in [3.63, 3.8) is 0 Å². The van der Waals surface area contributed by atoms with Gasteiger partial charge in [0.25, 0.3) is 23.6 Å². The Morgan fingerprint density at radius 1 is 0.653 bits per heavy atom. The van der Waals surface area contributed by atoms with E-state index in [1.165, 1.54) is 44.5 Å². The van der Waals surface area contributed by atoms with Crippen LogP contribution in [0.5, 0.6) is 17.2 Å². The number of pyridine rings is 3. The number of carboxylic acids is 1. The van der Waals surface area contributed by atoms with Gasteiger partial charge in [0.1, 0.15) is 34.1 Å². The van der Waals surface area contributed by atoms with Crippen molar-refractivity contribution < 1.29 is 66.4 Å². The predicted molar refractivity (Wildman–Crippen MR) is 251 cm³/mol. The summed E-state index contributed by atoms with van der Waals surface area (Å²) in [5.74, 6) is -5.60. The number of esters is 1. The third kappa shape index (κ3) is 7.59. The van der Waals surface area contributed by atoms with E-state index in [1.807, 2.05) is 0 Å². The fourth-order valence-electron chi connectivity index (χ4n) is 13.3. The quantitative estimate of drug-likeness (QED) is 0.194. The largest absolute Gasteiger partial charge is 0.503 e. The minimum Gasteiger partial charge on any atom is -0.503 e. The van der Waals surface area contributed by atoms with E-state index in [4.69, 9.17) is 9.47 Å². The standard InChI is InChI=1S/C21H18F3N3O4.2C15H16N2O5/c1-26-16-10-2-8(10)3-15(16)27-7-12(18(28)19(29)17(27)21(26)31)20(30)25-6-11-13(23)4-9(22)5-14(11)24;1-21-13-11-14(19)16-10-7-3-6(7)4-9(10)17(11)5-8(12(13)18)15(20)22-2;1-16-10-7-3-6(7)4-9(10)17-5-8(15(20)21)12(18)13(22-2)11(17)14(16)19/h4-5,7-8,10,15-16,29H,2-3,6H2,1H3,(H,25,30);5-7,9-10H,3-4H2,1-2H3,(H,16,19);5-7,9-10H,3-4H2,1-2H3,(H,20,21)/t8-,10-,15-,16+;2*6-,7-,9-,10+/m000/s1. The van der Waals surface area contributed by atoms with Crippen LogP contribution in [0.3, 0.4) is 0 Å². The molecule has 9 aliphatic rings. The molecule has 3 aliphatic heterocycles. The summed E-state index contributed by atoms with van der Waals surface area (Å²) in [6.07, 6.45) is 9.88. The molecule has 6 aliphatic carbocycles. The zero-order valence-electron chi connectivity index (χ0n) is 40.9. The van der Waals surface area contributed by atoms with Gasteiger partial charge in [-0.25, -0.2) is 22.8 Å². The molecular formula is C51H50F3N7O14. The summed E-state index contributed by atoms with van der Waals surface area (Å²) in [7, 11) is 7.22. The van der Waals surface area contributed by atoms with Gasteiger partial charge in [-0.2, -0.15) is 0 Å². The minimum absolute atomic E-state index is 0.0223. The number of nitrogens with zero attached hydrogens (tertiary/aromatic N) is 5. The van der Waals surface area contributed by atoms with Gasteiger partial charge < -0.3 is 58.6 Å². The fourth-order valence-corrected chi connectivity index (χ4v) is 13.3. The molecule has 0 saturated heterocycles. The van der Waals surface area contributed by atoms with Gasteiger partial charge in [0.2, 0.25) is 16.3 Å². The summed E-state index contributed by atoms with van der Waals surface area (Å²) in [5, 5.41) is 24.9. The molecule has 13 rings (SSSR count). The minimum atomic E-state index is -1.30. The van der Waals surface area contributed by atoms with Gasteiger partial charge in [-0.3, -0.25) is 33.6 Å². The van der Waals surface area contributed by atoms with Crippen LogP contribution in [0.15, 0.2) is 45.1 Å². The lowest BCUT2D eigenvalue weighted by Gasteiger charge is -2.40. The van der Waals surface area contributed by atoms with E-state index in [1.54, 1.807) is 33.0 Å². The van der Waals surface area contributed by atoms with E-state index >= 15 is 0 Å². The summed E-state index contributed by atoms with van der Waals surface area (Å²) in [4.78, 5) is 114. The zero-order chi connectivity index (χ0) is 53.5. The molecule has 1 aromatic carbocycles. The molecule has 4 N–H and O–H groups in total. The number of ether oxygens (including phenoxy) is 3. The lowest BCUT2D eigenvalue weighted by Crippen LogP contribution is -2.49. The van der Waals surface area contributed by atoms with Crippen molar-refractivity contribution in [2.45, 2.75) is 81.3 Å². The van der Waals surface area contributed by atoms with Crippen LogP contribution in [0.4, 0.5) is 13.2 Å². The summed E-state index contributed by atoms with van der Waals surface area (Å²) in [6, 6.07) is 0.956. The van der Waals surface area contributed by atoms with Crippen LogP contribution in [0.25, 0.3) is 0 Å². The number of carboxylic acid groups (broad SMARTS) is 1. The molecule has 6 heterocycles. The summed E-state index contributed by atoms with van der Waals surface area (Å²) in [6.45, 7) is -0.628. The topological polar surface area (TPSA) is 267 Å². The molecule has 394 valence electrons. The van der Waals surface area contributed by atoms with E-state index in [2.05, 4.69) is 15.4 Å². The fraction of sp³-hybridized carbons (Fsp3) is 0.471. The van der Waals surface area contributed by atoms with Crippen molar-refractivity contribution in [1.82, 2.24) is 34.1 Å². The number of aromatic nitrogens is 3. The molecular weight excluding hydrogens is 992 g/mol. The highest BCUT2D eigenvalue weighted by Crippen LogP contribution is 2.61. The first kappa shape index (κ1) is 49.3. The summed E-state index contributed by atoms with van der Waals surface area (Å²) >= 11 is 0. The van der Waals surface area contributed by atoms with E-state index in [9.17, 15) is 66.5 Å². The number of fused-ring (bicyclic) bond motifs is 15. The molecule has 0 radical (unpaired) electrons. The van der Waals surface area contributed by atoms with Gasteiger partial charge in [0, 0.05) is 56.9 Å². The third-order valence-electron chi connectivity index (χ3n) is 17.0. The molecule has 3 aromatic heterocycles. The zero-order valence-corrected chi connectivity index (χ0v) is 40.9. The number of benzene rings is 1. The Morgan fingerprint density at radius 2 is 1.13 bits per heavy atom. The maximum atomic E-state index is 13.8. The monoisotopic (exact) mass is 1040 g/mol. The smallest absolute Gasteiger partial charge is 0.343 e. The van der Waals surface area contributed by atoms with Crippen molar-refractivity contribution >= 4 is 35.6 Å². The number of aromatic carboxylic acids is 1. The molecule has 4 amide bonds.